The second-order valence-corrected chi connectivity index (χ2v) is 6.70. The molecule has 108 valence electrons. The highest BCUT2D eigenvalue weighted by Crippen LogP contribution is 2.28. The first-order valence-corrected chi connectivity index (χ1v) is 8.11. The van der Waals surface area contributed by atoms with Gasteiger partial charge in [-0.3, -0.25) is 14.2 Å². The Kier molecular flexibility index (Phi) is 3.79. The molecule has 0 aliphatic heterocycles. The monoisotopic (exact) mass is 339 g/mol. The van der Waals surface area contributed by atoms with Crippen molar-refractivity contribution in [2.24, 2.45) is 0 Å². The quantitative estimate of drug-likeness (QED) is 0.797. The lowest BCUT2D eigenvalue weighted by Gasteiger charge is -2.03. The van der Waals surface area contributed by atoms with E-state index in [0.29, 0.717) is 10.2 Å². The number of aryl methyl sites for hydroxylation is 1. The third-order valence-corrected chi connectivity index (χ3v) is 4.92. The third kappa shape index (κ3) is 2.99. The van der Waals surface area contributed by atoms with E-state index in [2.05, 4.69) is 10.3 Å². The fourth-order valence-corrected chi connectivity index (χ4v) is 3.74. The maximum Gasteiger partial charge on any atom is 0.307 e. The average Bonchev–Trinajstić information content (AvgIpc) is 2.95. The SMILES string of the molecule is Cc1csc(=O)n1CC(=O)Nc1nc2ccc(Cl)cc2s1. The van der Waals surface area contributed by atoms with Crippen molar-refractivity contribution in [3.05, 3.63) is 44.0 Å². The van der Waals surface area contributed by atoms with Crippen LogP contribution in [0.4, 0.5) is 5.13 Å². The number of nitrogens with one attached hydrogen (secondary N) is 1. The van der Waals surface area contributed by atoms with Gasteiger partial charge in [-0.05, 0) is 25.1 Å². The summed E-state index contributed by atoms with van der Waals surface area (Å²) in [6, 6.07) is 5.36. The molecule has 0 unspecified atom stereocenters. The fraction of sp³-hybridized carbons (Fsp3) is 0.154. The summed E-state index contributed by atoms with van der Waals surface area (Å²) in [5.41, 5.74) is 1.56. The summed E-state index contributed by atoms with van der Waals surface area (Å²) >= 11 is 8.35. The number of hydrogen-bond donors (Lipinski definition) is 1. The van der Waals surface area contributed by atoms with E-state index in [1.807, 2.05) is 0 Å². The Labute approximate surface area is 132 Å². The van der Waals surface area contributed by atoms with Crippen LogP contribution in [0.25, 0.3) is 10.2 Å². The number of hydrogen-bond acceptors (Lipinski definition) is 5. The summed E-state index contributed by atoms with van der Waals surface area (Å²) < 4.78 is 2.34. The van der Waals surface area contributed by atoms with Crippen LogP contribution < -0.4 is 10.2 Å². The molecule has 3 rings (SSSR count). The molecule has 1 aromatic carbocycles. The van der Waals surface area contributed by atoms with E-state index >= 15 is 0 Å². The van der Waals surface area contributed by atoms with E-state index in [9.17, 15) is 9.59 Å². The van der Waals surface area contributed by atoms with Crippen molar-refractivity contribution >= 4 is 55.5 Å². The largest absolute Gasteiger partial charge is 0.307 e. The van der Waals surface area contributed by atoms with E-state index in [4.69, 9.17) is 11.6 Å². The number of amides is 1. The number of anilines is 1. The first-order valence-electron chi connectivity index (χ1n) is 6.04. The van der Waals surface area contributed by atoms with Crippen LogP contribution in [0.15, 0.2) is 28.4 Å². The fourth-order valence-electron chi connectivity index (χ4n) is 1.85. The number of thiazole rings is 2. The molecule has 2 heterocycles. The molecular formula is C13H10ClN3O2S2. The van der Waals surface area contributed by atoms with Gasteiger partial charge in [0.25, 0.3) is 0 Å². The molecule has 0 spiro atoms. The lowest BCUT2D eigenvalue weighted by atomic mass is 10.3. The molecule has 3 aromatic rings. The van der Waals surface area contributed by atoms with Crippen LogP contribution in [0.3, 0.4) is 0 Å². The second kappa shape index (κ2) is 5.59. The van der Waals surface area contributed by atoms with Crippen LogP contribution in [-0.2, 0) is 11.3 Å². The van der Waals surface area contributed by atoms with Crippen molar-refractivity contribution in [2.45, 2.75) is 13.5 Å². The zero-order chi connectivity index (χ0) is 15.0. The van der Waals surface area contributed by atoms with Crippen LogP contribution in [0.1, 0.15) is 5.69 Å². The Morgan fingerprint density at radius 2 is 2.29 bits per heavy atom. The van der Waals surface area contributed by atoms with Crippen molar-refractivity contribution < 1.29 is 4.79 Å². The molecule has 2 aromatic heterocycles. The van der Waals surface area contributed by atoms with Crippen molar-refractivity contribution in [1.82, 2.24) is 9.55 Å². The summed E-state index contributed by atoms with van der Waals surface area (Å²) in [6.07, 6.45) is 0. The molecular weight excluding hydrogens is 330 g/mol. The highest BCUT2D eigenvalue weighted by molar-refractivity contribution is 7.22. The van der Waals surface area contributed by atoms with E-state index < -0.39 is 0 Å². The molecule has 0 aliphatic rings. The smallest absolute Gasteiger partial charge is 0.300 e. The van der Waals surface area contributed by atoms with Crippen LogP contribution in [0, 0.1) is 6.92 Å². The predicted octanol–water partition coefficient (Wildman–Crippen LogP) is 3.12. The first kappa shape index (κ1) is 14.2. The van der Waals surface area contributed by atoms with Crippen LogP contribution in [0.2, 0.25) is 5.02 Å². The van der Waals surface area contributed by atoms with Gasteiger partial charge in [-0.25, -0.2) is 4.98 Å². The third-order valence-electron chi connectivity index (χ3n) is 2.87. The van der Waals surface area contributed by atoms with Gasteiger partial charge in [-0.1, -0.05) is 34.3 Å². The number of carbonyl (C=O) groups is 1. The highest BCUT2D eigenvalue weighted by atomic mass is 35.5. The molecule has 0 saturated carbocycles. The molecule has 1 N–H and O–H groups in total. The number of rotatable bonds is 3. The number of benzene rings is 1. The zero-order valence-electron chi connectivity index (χ0n) is 10.9. The van der Waals surface area contributed by atoms with Crippen molar-refractivity contribution in [3.63, 3.8) is 0 Å². The number of carbonyl (C=O) groups excluding carboxylic acids is 1. The average molecular weight is 340 g/mol. The van der Waals surface area contributed by atoms with Gasteiger partial charge in [0.2, 0.25) is 5.91 Å². The molecule has 21 heavy (non-hydrogen) atoms. The Bertz CT molecular complexity index is 881. The van der Waals surface area contributed by atoms with Gasteiger partial charge in [-0.2, -0.15) is 0 Å². The maximum absolute atomic E-state index is 12.0. The van der Waals surface area contributed by atoms with Gasteiger partial charge in [0.05, 0.1) is 10.2 Å². The lowest BCUT2D eigenvalue weighted by Crippen LogP contribution is -2.25. The van der Waals surface area contributed by atoms with E-state index in [0.717, 1.165) is 27.2 Å². The van der Waals surface area contributed by atoms with E-state index in [1.165, 1.54) is 15.9 Å². The van der Waals surface area contributed by atoms with Crippen LogP contribution >= 0.6 is 34.3 Å². The topological polar surface area (TPSA) is 64.0 Å². The van der Waals surface area contributed by atoms with E-state index in [-0.39, 0.29) is 17.3 Å². The summed E-state index contributed by atoms with van der Waals surface area (Å²) in [6.45, 7) is 1.79. The Hall–Kier alpha value is -1.70. The normalized spacial score (nSPS) is 11.0. The van der Waals surface area contributed by atoms with Gasteiger partial charge < -0.3 is 5.32 Å². The molecule has 0 bridgehead atoms. The predicted molar refractivity (Wildman–Crippen MR) is 86.6 cm³/mol. The number of aromatic nitrogens is 2. The standard InChI is InChI=1S/C13H10ClN3O2S2/c1-7-6-20-13(19)17(7)5-11(18)16-12-15-9-3-2-8(14)4-10(9)21-12/h2-4,6H,5H2,1H3,(H,15,16,18). The van der Waals surface area contributed by atoms with Crippen LogP contribution in [-0.4, -0.2) is 15.5 Å². The Morgan fingerprint density at radius 3 is 3.00 bits per heavy atom. The minimum atomic E-state index is -0.274. The van der Waals surface area contributed by atoms with Gasteiger partial charge in [-0.15, -0.1) is 0 Å². The summed E-state index contributed by atoms with van der Waals surface area (Å²) in [7, 11) is 0. The van der Waals surface area contributed by atoms with Gasteiger partial charge in [0, 0.05) is 16.1 Å². The van der Waals surface area contributed by atoms with Crippen molar-refractivity contribution in [2.75, 3.05) is 5.32 Å². The summed E-state index contributed by atoms with van der Waals surface area (Å²) in [5, 5.41) is 5.57. The molecule has 8 heteroatoms. The minimum absolute atomic E-state index is 0.00908. The van der Waals surface area contributed by atoms with Gasteiger partial charge >= 0.3 is 4.87 Å². The molecule has 0 saturated heterocycles. The highest BCUT2D eigenvalue weighted by Gasteiger charge is 2.11. The molecule has 0 atom stereocenters. The van der Waals surface area contributed by atoms with Crippen molar-refractivity contribution in [1.29, 1.82) is 0 Å². The molecule has 1 amide bonds. The molecule has 5 nitrogen and oxygen atoms in total. The Morgan fingerprint density at radius 1 is 1.48 bits per heavy atom. The number of nitrogens with zero attached hydrogens (tertiary/aromatic N) is 2. The van der Waals surface area contributed by atoms with Crippen molar-refractivity contribution in [3.8, 4) is 0 Å². The first-order chi connectivity index (χ1) is 10.0. The molecule has 0 fully saturated rings. The minimum Gasteiger partial charge on any atom is -0.300 e. The zero-order valence-corrected chi connectivity index (χ0v) is 13.3. The number of halogens is 1. The second-order valence-electron chi connectivity index (χ2n) is 4.41. The lowest BCUT2D eigenvalue weighted by molar-refractivity contribution is -0.116. The molecule has 0 aliphatic carbocycles. The van der Waals surface area contributed by atoms with E-state index in [1.54, 1.807) is 30.5 Å². The molecule has 0 radical (unpaired) electrons. The Balaban J connectivity index is 1.78. The van der Waals surface area contributed by atoms with Gasteiger partial charge in [0.1, 0.15) is 6.54 Å². The van der Waals surface area contributed by atoms with Gasteiger partial charge in [0.15, 0.2) is 5.13 Å². The maximum atomic E-state index is 12.0. The summed E-state index contributed by atoms with van der Waals surface area (Å²) in [4.78, 5) is 27.8. The summed E-state index contributed by atoms with van der Waals surface area (Å²) in [5.74, 6) is -0.274. The van der Waals surface area contributed by atoms with Crippen LogP contribution in [0.5, 0.6) is 0 Å². The number of fused-ring (bicyclic) bond motifs is 1.